The average Bonchev–Trinajstić information content (AvgIpc) is 2.71. The molecule has 0 heterocycles. The van der Waals surface area contributed by atoms with Gasteiger partial charge in [-0.2, -0.15) is 11.8 Å². The number of rotatable bonds is 16. The van der Waals surface area contributed by atoms with Gasteiger partial charge in [-0.25, -0.2) is 4.79 Å². The van der Waals surface area contributed by atoms with Crippen molar-refractivity contribution < 1.29 is 39.3 Å². The third kappa shape index (κ3) is 11.9. The number of hydrogen-bond donors (Lipinski definition) is 7. The van der Waals surface area contributed by atoms with Crippen LogP contribution >= 0.6 is 11.8 Å². The van der Waals surface area contributed by atoms with Crippen molar-refractivity contribution in [1.29, 1.82) is 0 Å². The predicted octanol–water partition coefficient (Wildman–Crippen LogP) is -1.49. The van der Waals surface area contributed by atoms with Gasteiger partial charge >= 0.3 is 11.9 Å². The van der Waals surface area contributed by atoms with Crippen LogP contribution in [0.1, 0.15) is 39.5 Å². The van der Waals surface area contributed by atoms with Gasteiger partial charge in [0.05, 0.1) is 12.6 Å². The number of aliphatic carboxylic acids is 2. The van der Waals surface area contributed by atoms with E-state index < -0.39 is 60.4 Å². The number of aliphatic hydroxyl groups is 1. The SMILES string of the molecule is CSCCC(NC(=O)C(N)CCC(=O)O)C(=O)NC(CC(C)C)C(=O)NC(CO)C(=O)O. The summed E-state index contributed by atoms with van der Waals surface area (Å²) in [7, 11) is 0. The molecule has 0 aromatic heterocycles. The molecule has 0 aliphatic rings. The topological polar surface area (TPSA) is 208 Å². The highest BCUT2D eigenvalue weighted by molar-refractivity contribution is 7.98. The normalized spacial score (nSPS) is 14.7. The molecule has 0 aromatic carbocycles. The number of carboxylic acids is 2. The van der Waals surface area contributed by atoms with Gasteiger partial charge in [-0.15, -0.1) is 0 Å². The van der Waals surface area contributed by atoms with Gasteiger partial charge in [-0.05, 0) is 37.2 Å². The molecule has 0 bridgehead atoms. The van der Waals surface area contributed by atoms with Crippen LogP contribution in [0.5, 0.6) is 0 Å². The zero-order chi connectivity index (χ0) is 24.8. The molecule has 0 aliphatic carbocycles. The van der Waals surface area contributed by atoms with Crippen molar-refractivity contribution in [3.05, 3.63) is 0 Å². The summed E-state index contributed by atoms with van der Waals surface area (Å²) in [6.45, 7) is 2.80. The predicted molar refractivity (Wildman–Crippen MR) is 118 cm³/mol. The van der Waals surface area contributed by atoms with Gasteiger partial charge in [-0.1, -0.05) is 13.8 Å². The fraction of sp³-hybridized carbons (Fsp3) is 0.737. The second-order valence-corrected chi connectivity index (χ2v) is 8.64. The van der Waals surface area contributed by atoms with Crippen LogP contribution < -0.4 is 21.7 Å². The first-order valence-electron chi connectivity index (χ1n) is 10.1. The lowest BCUT2D eigenvalue weighted by molar-refractivity contribution is -0.143. The third-order valence-electron chi connectivity index (χ3n) is 4.39. The molecule has 0 aromatic rings. The van der Waals surface area contributed by atoms with Crippen LogP contribution in [-0.4, -0.2) is 87.8 Å². The molecule has 0 rings (SSSR count). The van der Waals surface area contributed by atoms with Crippen LogP contribution in [-0.2, 0) is 24.0 Å². The summed E-state index contributed by atoms with van der Waals surface area (Å²) in [4.78, 5) is 59.4. The lowest BCUT2D eigenvalue weighted by Gasteiger charge is -2.25. The minimum Gasteiger partial charge on any atom is -0.481 e. The molecule has 12 nitrogen and oxygen atoms in total. The Bertz CT molecular complexity index is 661. The van der Waals surface area contributed by atoms with Gasteiger partial charge in [0.25, 0.3) is 0 Å². The number of aliphatic hydroxyl groups excluding tert-OH is 1. The first-order chi connectivity index (χ1) is 14.9. The quantitative estimate of drug-likeness (QED) is 0.137. The number of nitrogens with two attached hydrogens (primary N) is 1. The molecular weight excluding hydrogens is 444 g/mol. The van der Waals surface area contributed by atoms with E-state index in [9.17, 15) is 24.0 Å². The Morgan fingerprint density at radius 2 is 1.41 bits per heavy atom. The van der Waals surface area contributed by atoms with Gasteiger partial charge < -0.3 is 37.0 Å². The van der Waals surface area contributed by atoms with E-state index in [0.29, 0.717) is 5.75 Å². The summed E-state index contributed by atoms with van der Waals surface area (Å²) < 4.78 is 0. The Balaban J connectivity index is 5.34. The van der Waals surface area contributed by atoms with Crippen LogP contribution in [0.2, 0.25) is 0 Å². The smallest absolute Gasteiger partial charge is 0.328 e. The van der Waals surface area contributed by atoms with Crippen molar-refractivity contribution in [3.63, 3.8) is 0 Å². The molecule has 0 radical (unpaired) electrons. The number of nitrogens with one attached hydrogen (secondary N) is 3. The van der Waals surface area contributed by atoms with E-state index in [4.69, 9.17) is 21.1 Å². The minimum absolute atomic E-state index is 0.0351. The lowest BCUT2D eigenvalue weighted by atomic mass is 10.0. The zero-order valence-electron chi connectivity index (χ0n) is 18.5. The van der Waals surface area contributed by atoms with E-state index in [1.54, 1.807) is 0 Å². The summed E-state index contributed by atoms with van der Waals surface area (Å²) in [6.07, 6.45) is 1.83. The van der Waals surface area contributed by atoms with E-state index >= 15 is 0 Å². The second-order valence-electron chi connectivity index (χ2n) is 7.65. The van der Waals surface area contributed by atoms with Crippen molar-refractivity contribution in [2.75, 3.05) is 18.6 Å². The number of amides is 3. The fourth-order valence-corrected chi connectivity index (χ4v) is 3.10. The molecule has 0 saturated carbocycles. The van der Waals surface area contributed by atoms with Crippen LogP contribution in [0.3, 0.4) is 0 Å². The Hall–Kier alpha value is -2.38. The summed E-state index contributed by atoms with van der Waals surface area (Å²) >= 11 is 1.43. The summed E-state index contributed by atoms with van der Waals surface area (Å²) in [6, 6.07) is -4.76. The molecule has 0 fully saturated rings. The second kappa shape index (κ2) is 15.4. The maximum absolute atomic E-state index is 12.8. The van der Waals surface area contributed by atoms with Crippen molar-refractivity contribution in [3.8, 4) is 0 Å². The first-order valence-corrected chi connectivity index (χ1v) is 11.5. The van der Waals surface area contributed by atoms with Gasteiger partial charge in [0.15, 0.2) is 0 Å². The van der Waals surface area contributed by atoms with Gasteiger partial charge in [0, 0.05) is 6.42 Å². The zero-order valence-corrected chi connectivity index (χ0v) is 19.3. The summed E-state index contributed by atoms with van der Waals surface area (Å²) in [5.41, 5.74) is 5.70. The number of carbonyl (C=O) groups is 5. The van der Waals surface area contributed by atoms with Gasteiger partial charge in [0.1, 0.15) is 18.1 Å². The van der Waals surface area contributed by atoms with Gasteiger partial charge in [-0.3, -0.25) is 19.2 Å². The van der Waals surface area contributed by atoms with Crippen LogP contribution in [0.15, 0.2) is 0 Å². The molecule has 8 N–H and O–H groups in total. The highest BCUT2D eigenvalue weighted by atomic mass is 32.2. The Kier molecular flexibility index (Phi) is 14.3. The molecule has 184 valence electrons. The van der Waals surface area contributed by atoms with E-state index in [2.05, 4.69) is 16.0 Å². The van der Waals surface area contributed by atoms with Crippen LogP contribution in [0.25, 0.3) is 0 Å². The first kappa shape index (κ1) is 29.6. The number of thioether (sulfide) groups is 1. The molecular formula is C19H34N4O8S. The fourth-order valence-electron chi connectivity index (χ4n) is 2.63. The molecule has 13 heteroatoms. The molecule has 0 saturated heterocycles. The number of hydrogen-bond acceptors (Lipinski definition) is 8. The molecule has 0 spiro atoms. The van der Waals surface area contributed by atoms with Crippen molar-refractivity contribution in [1.82, 2.24) is 16.0 Å². The summed E-state index contributed by atoms with van der Waals surface area (Å²) in [5, 5.41) is 34.1. The van der Waals surface area contributed by atoms with Crippen LogP contribution in [0, 0.1) is 5.92 Å². The Morgan fingerprint density at radius 1 is 0.875 bits per heavy atom. The molecule has 3 amide bonds. The average molecular weight is 479 g/mol. The van der Waals surface area contributed by atoms with Crippen molar-refractivity contribution in [2.45, 2.75) is 63.7 Å². The molecule has 4 unspecified atom stereocenters. The van der Waals surface area contributed by atoms with E-state index in [1.165, 1.54) is 11.8 Å². The Morgan fingerprint density at radius 3 is 1.88 bits per heavy atom. The molecule has 0 aliphatic heterocycles. The minimum atomic E-state index is -1.52. The standard InChI is InChI=1S/C19H34N4O8S/c1-10(2)8-13(18(29)23-14(9-24)19(30)31)22-17(28)12(6-7-32-3)21-16(27)11(20)4-5-15(25)26/h10-14,24H,4-9,20H2,1-3H3,(H,21,27)(H,22,28)(H,23,29)(H,25,26)(H,30,31). The lowest BCUT2D eigenvalue weighted by Crippen LogP contribution is -2.57. The third-order valence-corrected chi connectivity index (χ3v) is 5.03. The highest BCUT2D eigenvalue weighted by Crippen LogP contribution is 2.08. The maximum Gasteiger partial charge on any atom is 0.328 e. The van der Waals surface area contributed by atoms with E-state index in [0.717, 1.165) is 0 Å². The Labute approximate surface area is 191 Å². The van der Waals surface area contributed by atoms with Crippen LogP contribution in [0.4, 0.5) is 0 Å². The van der Waals surface area contributed by atoms with E-state index in [1.807, 2.05) is 20.1 Å². The number of carboxylic acid groups (broad SMARTS) is 2. The monoisotopic (exact) mass is 478 g/mol. The highest BCUT2D eigenvalue weighted by Gasteiger charge is 2.30. The summed E-state index contributed by atoms with van der Waals surface area (Å²) in [5.74, 6) is -4.17. The largest absolute Gasteiger partial charge is 0.481 e. The number of carbonyl (C=O) groups excluding carboxylic acids is 3. The maximum atomic E-state index is 12.8. The van der Waals surface area contributed by atoms with Crippen molar-refractivity contribution in [2.24, 2.45) is 11.7 Å². The molecule has 4 atom stereocenters. The molecule has 32 heavy (non-hydrogen) atoms. The van der Waals surface area contributed by atoms with E-state index in [-0.39, 0.29) is 31.6 Å². The van der Waals surface area contributed by atoms with Gasteiger partial charge in [0.2, 0.25) is 17.7 Å². The van der Waals surface area contributed by atoms with Crippen molar-refractivity contribution >= 4 is 41.4 Å².